The summed E-state index contributed by atoms with van der Waals surface area (Å²) >= 11 is 1.48. The number of pyridine rings is 1. The Hall–Kier alpha value is -3.16. The zero-order valence-corrected chi connectivity index (χ0v) is 21.2. The van der Waals surface area contributed by atoms with Crippen LogP contribution in [0.1, 0.15) is 12.1 Å². The van der Waals surface area contributed by atoms with Crippen molar-refractivity contribution in [3.8, 4) is 10.6 Å². The van der Waals surface area contributed by atoms with Crippen molar-refractivity contribution in [1.82, 2.24) is 34.6 Å². The normalized spacial score (nSPS) is 20.3. The van der Waals surface area contributed by atoms with Gasteiger partial charge in [0.05, 0.1) is 16.4 Å². The average Bonchev–Trinajstić information content (AvgIpc) is 3.54. The monoisotopic (exact) mass is 511 g/mol. The Labute approximate surface area is 206 Å². The molecule has 35 heavy (non-hydrogen) atoms. The third-order valence-corrected chi connectivity index (χ3v) is 8.18. The molecule has 2 aliphatic rings. The van der Waals surface area contributed by atoms with Crippen molar-refractivity contribution in [2.24, 2.45) is 0 Å². The van der Waals surface area contributed by atoms with Crippen molar-refractivity contribution < 1.29 is 8.42 Å². The lowest BCUT2D eigenvalue weighted by atomic mass is 10.2. The van der Waals surface area contributed by atoms with Gasteiger partial charge in [-0.05, 0) is 20.4 Å². The summed E-state index contributed by atoms with van der Waals surface area (Å²) in [4.78, 5) is 23.5. The highest BCUT2D eigenvalue weighted by molar-refractivity contribution is 7.89. The fourth-order valence-electron chi connectivity index (χ4n) is 4.80. The first-order chi connectivity index (χ1) is 16.7. The minimum absolute atomic E-state index is 0.163. The molecule has 2 bridgehead atoms. The molecule has 0 amide bonds. The molecule has 2 aliphatic heterocycles. The third kappa shape index (κ3) is 4.46. The number of thiazole rings is 1. The maximum Gasteiger partial charge on any atom is 0.227 e. The van der Waals surface area contributed by atoms with Gasteiger partial charge in [-0.15, -0.1) is 11.3 Å². The first-order valence-corrected chi connectivity index (χ1v) is 14.1. The number of hydrogen-bond acceptors (Lipinski definition) is 11. The minimum atomic E-state index is -3.17. The van der Waals surface area contributed by atoms with Crippen LogP contribution in [0.4, 0.5) is 17.6 Å². The molecule has 0 aliphatic carbocycles. The van der Waals surface area contributed by atoms with Crippen molar-refractivity contribution in [3.63, 3.8) is 0 Å². The van der Waals surface area contributed by atoms with Gasteiger partial charge in [-0.3, -0.25) is 9.58 Å². The van der Waals surface area contributed by atoms with E-state index in [0.717, 1.165) is 51.9 Å². The van der Waals surface area contributed by atoms with Gasteiger partial charge in [-0.25, -0.2) is 23.4 Å². The van der Waals surface area contributed by atoms with Gasteiger partial charge in [-0.1, -0.05) is 0 Å². The molecule has 2 fully saturated rings. The second-order valence-electron chi connectivity index (χ2n) is 9.33. The molecule has 0 aromatic carbocycles. The number of nitrogens with zero attached hydrogens (tertiary/aromatic N) is 8. The molecule has 11 nitrogen and oxygen atoms in total. The average molecular weight is 512 g/mol. The van der Waals surface area contributed by atoms with Crippen LogP contribution in [0, 0.1) is 6.92 Å². The van der Waals surface area contributed by atoms with Crippen LogP contribution in [0.3, 0.4) is 0 Å². The Morgan fingerprint density at radius 3 is 2.71 bits per heavy atom. The number of nitrogens with one attached hydrogen (secondary N) is 1. The number of aryl methyl sites for hydroxylation is 1. The smallest absolute Gasteiger partial charge is 0.227 e. The van der Waals surface area contributed by atoms with E-state index in [1.165, 1.54) is 22.3 Å². The fourth-order valence-corrected chi connectivity index (χ4v) is 6.31. The van der Waals surface area contributed by atoms with Crippen LogP contribution in [-0.4, -0.2) is 81.5 Å². The highest BCUT2D eigenvalue weighted by Crippen LogP contribution is 2.33. The van der Waals surface area contributed by atoms with Crippen molar-refractivity contribution in [1.29, 1.82) is 0 Å². The quantitative estimate of drug-likeness (QED) is 0.412. The Morgan fingerprint density at radius 2 is 1.97 bits per heavy atom. The van der Waals surface area contributed by atoms with Gasteiger partial charge >= 0.3 is 0 Å². The number of sulfone groups is 1. The van der Waals surface area contributed by atoms with Gasteiger partial charge in [0, 0.05) is 67.2 Å². The topological polar surface area (TPSA) is 122 Å². The van der Waals surface area contributed by atoms with Crippen molar-refractivity contribution in [3.05, 3.63) is 36.4 Å². The summed E-state index contributed by atoms with van der Waals surface area (Å²) < 4.78 is 25.4. The lowest BCUT2D eigenvalue weighted by Gasteiger charge is -2.32. The number of piperazine rings is 1. The molecule has 0 radical (unpaired) electrons. The fraction of sp³-hybridized carbons (Fsp3) is 0.409. The number of fused-ring (bicyclic) bond motifs is 3. The van der Waals surface area contributed by atoms with E-state index in [1.807, 2.05) is 19.1 Å². The third-order valence-electron chi connectivity index (χ3n) is 6.39. The van der Waals surface area contributed by atoms with Crippen molar-refractivity contribution >= 4 is 49.0 Å². The van der Waals surface area contributed by atoms with Gasteiger partial charge in [0.15, 0.2) is 9.84 Å². The SMILES string of the molecule is Cc1cc(Nc2cc3nc(-c4cnn(CS(C)(=O)=O)c4)sc3cn2)nc(N2C[C@@H]3C[C@H]2CN3C)n1. The van der Waals surface area contributed by atoms with Gasteiger partial charge in [0.1, 0.15) is 22.5 Å². The van der Waals surface area contributed by atoms with Crippen LogP contribution in [0.5, 0.6) is 0 Å². The van der Waals surface area contributed by atoms with Crippen LogP contribution >= 0.6 is 11.3 Å². The molecule has 6 heterocycles. The molecular weight excluding hydrogens is 486 g/mol. The minimum Gasteiger partial charge on any atom is -0.335 e. The molecule has 0 unspecified atom stereocenters. The van der Waals surface area contributed by atoms with E-state index < -0.39 is 9.84 Å². The van der Waals surface area contributed by atoms with Crippen LogP contribution in [0.25, 0.3) is 20.8 Å². The number of rotatable bonds is 6. The molecule has 6 rings (SSSR count). The van der Waals surface area contributed by atoms with Gasteiger partial charge in [0.25, 0.3) is 0 Å². The van der Waals surface area contributed by atoms with E-state index in [9.17, 15) is 8.42 Å². The molecular formula is C22H25N9O2S2. The number of likely N-dealkylation sites (tertiary alicyclic amines) is 1. The number of anilines is 3. The number of hydrogen-bond donors (Lipinski definition) is 1. The molecule has 13 heteroatoms. The summed E-state index contributed by atoms with van der Waals surface area (Å²) in [6.07, 6.45) is 7.45. The van der Waals surface area contributed by atoms with Crippen LogP contribution in [-0.2, 0) is 15.7 Å². The summed E-state index contributed by atoms with van der Waals surface area (Å²) in [5.41, 5.74) is 2.46. The predicted molar refractivity (Wildman–Crippen MR) is 136 cm³/mol. The van der Waals surface area contributed by atoms with Crippen LogP contribution in [0.2, 0.25) is 0 Å². The van der Waals surface area contributed by atoms with E-state index in [0.29, 0.717) is 23.7 Å². The number of likely N-dealkylation sites (N-methyl/N-ethyl adjacent to an activating group) is 1. The Balaban J connectivity index is 1.23. The highest BCUT2D eigenvalue weighted by Gasteiger charge is 2.42. The second-order valence-corrected chi connectivity index (χ2v) is 12.5. The molecule has 2 saturated heterocycles. The summed E-state index contributed by atoms with van der Waals surface area (Å²) in [5.74, 6) is 1.95. The van der Waals surface area contributed by atoms with Crippen LogP contribution in [0.15, 0.2) is 30.7 Å². The first kappa shape index (κ1) is 22.3. The lowest BCUT2D eigenvalue weighted by Crippen LogP contribution is -2.45. The van der Waals surface area contributed by atoms with E-state index >= 15 is 0 Å². The first-order valence-electron chi connectivity index (χ1n) is 11.3. The molecule has 4 aromatic rings. The zero-order valence-electron chi connectivity index (χ0n) is 19.6. The standard InChI is InChI=1S/C22H25N9O2S2/c1-13-4-20(28-22(25-13)31-11-15-5-16(31)10-29(15)2)27-19-6-17-18(8-23-19)34-21(26-17)14-7-24-30(9-14)12-35(3,32)33/h4,6-9,15-16H,5,10-12H2,1-3H3,(H,23,25,27,28)/t15-,16-/m0/s1. The molecule has 1 N–H and O–H groups in total. The molecule has 2 atom stereocenters. The van der Waals surface area contributed by atoms with Gasteiger partial charge in [-0.2, -0.15) is 10.1 Å². The maximum absolute atomic E-state index is 11.5. The summed E-state index contributed by atoms with van der Waals surface area (Å²) in [5, 5.41) is 8.22. The van der Waals surface area contributed by atoms with Gasteiger partial charge < -0.3 is 10.2 Å². The second kappa shape index (κ2) is 8.21. The Morgan fingerprint density at radius 1 is 1.11 bits per heavy atom. The van der Waals surface area contributed by atoms with Crippen molar-refractivity contribution in [2.75, 3.05) is 36.6 Å². The van der Waals surface area contributed by atoms with E-state index in [4.69, 9.17) is 15.0 Å². The largest absolute Gasteiger partial charge is 0.335 e. The Bertz CT molecular complexity index is 1530. The van der Waals surface area contributed by atoms with E-state index in [-0.39, 0.29) is 5.88 Å². The van der Waals surface area contributed by atoms with Gasteiger partial charge in [0.2, 0.25) is 5.95 Å². The van der Waals surface area contributed by atoms with Crippen molar-refractivity contribution in [2.45, 2.75) is 31.3 Å². The molecule has 182 valence electrons. The molecule has 0 saturated carbocycles. The Kier molecular flexibility index (Phi) is 5.23. The van der Waals surface area contributed by atoms with Crippen LogP contribution < -0.4 is 10.2 Å². The van der Waals surface area contributed by atoms with E-state index in [2.05, 4.69) is 32.2 Å². The predicted octanol–water partition coefficient (Wildman–Crippen LogP) is 2.29. The molecule has 4 aromatic heterocycles. The maximum atomic E-state index is 11.5. The summed E-state index contributed by atoms with van der Waals surface area (Å²) in [7, 11) is -0.993. The summed E-state index contributed by atoms with van der Waals surface area (Å²) in [6.45, 7) is 3.98. The lowest BCUT2D eigenvalue weighted by molar-refractivity contribution is 0.291. The highest BCUT2D eigenvalue weighted by atomic mass is 32.2. The zero-order chi connectivity index (χ0) is 24.3. The summed E-state index contributed by atoms with van der Waals surface area (Å²) in [6, 6.07) is 4.84. The van der Waals surface area contributed by atoms with E-state index in [1.54, 1.807) is 18.6 Å². The number of aromatic nitrogens is 6. The molecule has 0 spiro atoms.